The minimum atomic E-state index is -0.845. The zero-order valence-corrected chi connectivity index (χ0v) is 10.4. The molecule has 0 rings (SSSR count). The first kappa shape index (κ1) is 18.4. The molecule has 0 radical (unpaired) electrons. The van der Waals surface area contributed by atoms with Crippen LogP contribution >= 0.6 is 0 Å². The van der Waals surface area contributed by atoms with Gasteiger partial charge in [-0.1, -0.05) is 6.08 Å². The van der Waals surface area contributed by atoms with Crippen LogP contribution in [0, 0.1) is 0 Å². The highest BCUT2D eigenvalue weighted by Gasteiger charge is 1.93. The van der Waals surface area contributed by atoms with Crippen molar-refractivity contribution in [1.29, 1.82) is 0 Å². The number of carboxylic acid groups (broad SMARTS) is 1. The number of rotatable bonds is 8. The molecule has 0 aliphatic carbocycles. The van der Waals surface area contributed by atoms with Crippen molar-refractivity contribution in [1.82, 2.24) is 0 Å². The Morgan fingerprint density at radius 2 is 1.47 bits per heavy atom. The Morgan fingerprint density at radius 1 is 1.06 bits per heavy atom. The summed E-state index contributed by atoms with van der Waals surface area (Å²) in [7, 11) is 0. The maximum Gasteiger partial charge on any atom is 0.330 e. The molecule has 6 nitrogen and oxygen atoms in total. The first-order chi connectivity index (χ1) is 8.09. The molecule has 0 atom stereocenters. The maximum atomic E-state index is 9.86. The Kier molecular flexibility index (Phi) is 16.3. The second-order valence-corrected chi connectivity index (χ2v) is 2.95. The van der Waals surface area contributed by atoms with Crippen molar-refractivity contribution in [3.05, 3.63) is 11.6 Å². The summed E-state index contributed by atoms with van der Waals surface area (Å²) in [5, 5.41) is 24.6. The van der Waals surface area contributed by atoms with Crippen molar-refractivity contribution >= 4 is 5.97 Å². The summed E-state index contributed by atoms with van der Waals surface area (Å²) in [5.41, 5.74) is 0.389. The first-order valence-electron chi connectivity index (χ1n) is 5.33. The fourth-order valence-electron chi connectivity index (χ4n) is 0.575. The zero-order valence-electron chi connectivity index (χ0n) is 10.4. The fourth-order valence-corrected chi connectivity index (χ4v) is 0.575. The van der Waals surface area contributed by atoms with Crippen molar-refractivity contribution in [2.75, 3.05) is 39.6 Å². The molecule has 0 unspecified atom stereocenters. The highest BCUT2D eigenvalue weighted by molar-refractivity contribution is 5.85. The molecule has 0 aromatic heterocycles. The van der Waals surface area contributed by atoms with E-state index < -0.39 is 5.97 Å². The summed E-state index contributed by atoms with van der Waals surface area (Å²) >= 11 is 0. The van der Waals surface area contributed by atoms with E-state index in [1.807, 2.05) is 0 Å². The topological polar surface area (TPSA) is 96.2 Å². The number of carboxylic acids is 1. The van der Waals surface area contributed by atoms with Crippen molar-refractivity contribution in [2.45, 2.75) is 13.8 Å². The van der Waals surface area contributed by atoms with Crippen molar-refractivity contribution in [3.63, 3.8) is 0 Å². The van der Waals surface area contributed by atoms with Gasteiger partial charge >= 0.3 is 5.97 Å². The molecule has 0 heterocycles. The number of allylic oxidation sites excluding steroid dienone is 1. The molecule has 0 amide bonds. The van der Waals surface area contributed by atoms with Crippen LogP contribution in [0.4, 0.5) is 0 Å². The van der Waals surface area contributed by atoms with Crippen LogP contribution in [0.3, 0.4) is 0 Å². The SMILES string of the molecule is CC=C(C)C(=O)O.OCCOCCOCCO. The number of aliphatic hydroxyl groups excluding tert-OH is 2. The molecule has 0 aliphatic rings. The van der Waals surface area contributed by atoms with E-state index in [2.05, 4.69) is 0 Å². The quantitative estimate of drug-likeness (QED) is 0.416. The van der Waals surface area contributed by atoms with Gasteiger partial charge in [0.1, 0.15) is 0 Å². The Balaban J connectivity index is 0. The molecule has 0 aromatic carbocycles. The van der Waals surface area contributed by atoms with Crippen molar-refractivity contribution < 1.29 is 29.6 Å². The molecule has 6 heteroatoms. The van der Waals surface area contributed by atoms with Gasteiger partial charge in [0.15, 0.2) is 0 Å². The molecular formula is C11H22O6. The molecule has 0 spiro atoms. The Morgan fingerprint density at radius 3 is 1.65 bits per heavy atom. The van der Waals surface area contributed by atoms with Crippen LogP contribution in [0.25, 0.3) is 0 Å². The van der Waals surface area contributed by atoms with E-state index in [0.29, 0.717) is 32.0 Å². The van der Waals surface area contributed by atoms with Crippen molar-refractivity contribution in [3.8, 4) is 0 Å². The lowest BCUT2D eigenvalue weighted by atomic mass is 10.3. The number of hydrogen-bond acceptors (Lipinski definition) is 5. The van der Waals surface area contributed by atoms with Crippen molar-refractivity contribution in [2.24, 2.45) is 0 Å². The van der Waals surface area contributed by atoms with E-state index >= 15 is 0 Å². The third kappa shape index (κ3) is 17.7. The molecular weight excluding hydrogens is 228 g/mol. The van der Waals surface area contributed by atoms with Gasteiger partial charge in [0.05, 0.1) is 39.6 Å². The minimum absolute atomic E-state index is 0.0417. The van der Waals surface area contributed by atoms with Gasteiger partial charge in [-0.25, -0.2) is 4.79 Å². The number of aliphatic hydroxyl groups is 2. The second-order valence-electron chi connectivity index (χ2n) is 2.95. The van der Waals surface area contributed by atoms with Crippen LogP contribution in [0.2, 0.25) is 0 Å². The van der Waals surface area contributed by atoms with Gasteiger partial charge in [-0.3, -0.25) is 0 Å². The van der Waals surface area contributed by atoms with Crippen LogP contribution in [-0.2, 0) is 14.3 Å². The normalized spacial score (nSPS) is 10.7. The van der Waals surface area contributed by atoms with Gasteiger partial charge in [0, 0.05) is 5.57 Å². The molecule has 0 saturated carbocycles. The van der Waals surface area contributed by atoms with Crippen LogP contribution in [0.5, 0.6) is 0 Å². The molecule has 0 fully saturated rings. The molecule has 0 saturated heterocycles. The zero-order chi connectivity index (χ0) is 13.5. The van der Waals surface area contributed by atoms with Gasteiger partial charge in [-0.15, -0.1) is 0 Å². The largest absolute Gasteiger partial charge is 0.478 e. The Hall–Kier alpha value is -0.950. The number of ether oxygens (including phenoxy) is 2. The molecule has 3 N–H and O–H groups in total. The van der Waals surface area contributed by atoms with E-state index in [4.69, 9.17) is 24.8 Å². The summed E-state index contributed by atoms with van der Waals surface area (Å²) in [4.78, 5) is 9.86. The summed E-state index contributed by atoms with van der Waals surface area (Å²) < 4.78 is 9.75. The average Bonchev–Trinajstić information content (AvgIpc) is 2.33. The van der Waals surface area contributed by atoms with E-state index in [0.717, 1.165) is 0 Å². The average molecular weight is 250 g/mol. The Bertz CT molecular complexity index is 194. The number of aliphatic carboxylic acids is 1. The van der Waals surface area contributed by atoms with Gasteiger partial charge in [0.25, 0.3) is 0 Å². The monoisotopic (exact) mass is 250 g/mol. The lowest BCUT2D eigenvalue weighted by molar-refractivity contribution is -0.132. The highest BCUT2D eigenvalue weighted by Crippen LogP contribution is 1.87. The molecule has 0 bridgehead atoms. The number of hydrogen-bond donors (Lipinski definition) is 3. The molecule has 0 aliphatic heterocycles. The summed E-state index contributed by atoms with van der Waals surface area (Å²) in [6.45, 7) is 4.98. The van der Waals surface area contributed by atoms with E-state index in [9.17, 15) is 4.79 Å². The smallest absolute Gasteiger partial charge is 0.330 e. The predicted octanol–water partition coefficient (Wildman–Crippen LogP) is 0.0414. The third-order valence-corrected chi connectivity index (χ3v) is 1.61. The number of carbonyl (C=O) groups is 1. The van der Waals surface area contributed by atoms with Gasteiger partial charge in [0.2, 0.25) is 0 Å². The molecule has 17 heavy (non-hydrogen) atoms. The second kappa shape index (κ2) is 15.0. The van der Waals surface area contributed by atoms with Crippen LogP contribution < -0.4 is 0 Å². The summed E-state index contributed by atoms with van der Waals surface area (Å²) in [5.74, 6) is -0.845. The Labute approximate surface area is 101 Å². The minimum Gasteiger partial charge on any atom is -0.478 e. The van der Waals surface area contributed by atoms with Crippen LogP contribution in [0.15, 0.2) is 11.6 Å². The first-order valence-corrected chi connectivity index (χ1v) is 5.33. The van der Waals surface area contributed by atoms with E-state index in [-0.39, 0.29) is 13.2 Å². The summed E-state index contributed by atoms with van der Waals surface area (Å²) in [6, 6.07) is 0. The van der Waals surface area contributed by atoms with Crippen LogP contribution in [-0.4, -0.2) is 60.9 Å². The van der Waals surface area contributed by atoms with E-state index in [1.165, 1.54) is 0 Å². The van der Waals surface area contributed by atoms with Gasteiger partial charge in [-0.2, -0.15) is 0 Å². The summed E-state index contributed by atoms with van der Waals surface area (Å²) in [6.07, 6.45) is 1.56. The highest BCUT2D eigenvalue weighted by atomic mass is 16.5. The lowest BCUT2D eigenvalue weighted by Gasteiger charge is -2.01. The predicted molar refractivity (Wildman–Crippen MR) is 62.9 cm³/mol. The van der Waals surface area contributed by atoms with Crippen LogP contribution in [0.1, 0.15) is 13.8 Å². The van der Waals surface area contributed by atoms with Gasteiger partial charge < -0.3 is 24.8 Å². The third-order valence-electron chi connectivity index (χ3n) is 1.61. The van der Waals surface area contributed by atoms with Gasteiger partial charge in [-0.05, 0) is 13.8 Å². The standard InChI is InChI=1S/C6H14O4.C5H8O2/c7-1-3-9-5-6-10-4-2-8;1-3-4(2)5(6)7/h7-8H,1-6H2;3H,1-2H3,(H,6,7). The molecule has 102 valence electrons. The van der Waals surface area contributed by atoms with E-state index in [1.54, 1.807) is 19.9 Å². The fraction of sp³-hybridized carbons (Fsp3) is 0.727. The lowest BCUT2D eigenvalue weighted by Crippen LogP contribution is -2.09. The maximum absolute atomic E-state index is 9.86. The molecule has 0 aromatic rings.